The lowest BCUT2D eigenvalue weighted by Gasteiger charge is -2.26. The number of nitrogens with zero attached hydrogens (tertiary/aromatic N) is 3. The topological polar surface area (TPSA) is 77.1 Å². The van der Waals surface area contributed by atoms with Crippen LogP contribution in [0.2, 0.25) is 0 Å². The summed E-state index contributed by atoms with van der Waals surface area (Å²) in [7, 11) is 0. The predicted molar refractivity (Wildman–Crippen MR) is 98.6 cm³/mol. The highest BCUT2D eigenvalue weighted by atomic mass is 16.3. The first-order chi connectivity index (χ1) is 11.3. The number of rotatable bonds is 5. The Labute approximate surface area is 143 Å². The zero-order valence-electron chi connectivity index (χ0n) is 15.2. The quantitative estimate of drug-likeness (QED) is 0.785. The zero-order chi connectivity index (χ0) is 17.3. The maximum atomic E-state index is 10.2. The van der Waals surface area contributed by atoms with E-state index in [0.29, 0.717) is 13.0 Å². The highest BCUT2D eigenvalue weighted by molar-refractivity contribution is 5.89. The molecule has 132 valence electrons. The second-order valence-electron chi connectivity index (χ2n) is 7.88. The minimum Gasteiger partial charge on any atom is -0.393 e. The molecule has 1 fully saturated rings. The van der Waals surface area contributed by atoms with Crippen molar-refractivity contribution >= 4 is 22.8 Å². The van der Waals surface area contributed by atoms with Crippen LogP contribution in [-0.2, 0) is 0 Å². The molecule has 2 aromatic rings. The lowest BCUT2D eigenvalue weighted by Crippen LogP contribution is -2.28. The molecule has 0 amide bonds. The molecule has 1 atom stereocenters. The van der Waals surface area contributed by atoms with Crippen molar-refractivity contribution in [2.75, 3.05) is 29.9 Å². The molecule has 0 saturated carbocycles. The van der Waals surface area contributed by atoms with Gasteiger partial charge in [0.2, 0.25) is 5.95 Å². The minimum absolute atomic E-state index is 0.103. The Balaban J connectivity index is 1.80. The maximum Gasteiger partial charge on any atom is 0.229 e. The average molecular weight is 331 g/mol. The first-order valence-electron chi connectivity index (χ1n) is 8.89. The number of aliphatic hydroxyl groups excluding tert-OH is 1. The fraction of sp³-hybridized carbons (Fsp3) is 0.667. The highest BCUT2D eigenvalue weighted by Gasteiger charge is 2.22. The molecule has 1 aliphatic heterocycles. The molecule has 0 aliphatic carbocycles. The van der Waals surface area contributed by atoms with E-state index in [9.17, 15) is 5.11 Å². The van der Waals surface area contributed by atoms with Gasteiger partial charge in [0.25, 0.3) is 0 Å². The number of aromatic amines is 1. The van der Waals surface area contributed by atoms with E-state index < -0.39 is 0 Å². The number of hydrogen-bond donors (Lipinski definition) is 3. The van der Waals surface area contributed by atoms with Gasteiger partial charge in [0.15, 0.2) is 0 Å². The summed E-state index contributed by atoms with van der Waals surface area (Å²) in [5, 5.41) is 14.6. The Bertz CT molecular complexity index is 697. The van der Waals surface area contributed by atoms with Gasteiger partial charge in [-0.15, -0.1) is 0 Å². The number of aryl methyl sites for hydroxylation is 1. The second-order valence-corrected chi connectivity index (χ2v) is 7.88. The van der Waals surface area contributed by atoms with Gasteiger partial charge < -0.3 is 20.3 Å². The SMILES string of the molecule is Cc1cc2c(NCCC(O)C(C)(C)C)nc(N3CCCC3)nc2[nH]1. The zero-order valence-corrected chi connectivity index (χ0v) is 15.2. The summed E-state index contributed by atoms with van der Waals surface area (Å²) in [4.78, 5) is 15.0. The fourth-order valence-electron chi connectivity index (χ4n) is 3.08. The van der Waals surface area contributed by atoms with Crippen LogP contribution in [-0.4, -0.2) is 45.8 Å². The molecule has 1 unspecified atom stereocenters. The lowest BCUT2D eigenvalue weighted by molar-refractivity contribution is 0.0587. The van der Waals surface area contributed by atoms with Crippen LogP contribution >= 0.6 is 0 Å². The molecule has 3 heterocycles. The Kier molecular flexibility index (Phi) is 4.67. The highest BCUT2D eigenvalue weighted by Crippen LogP contribution is 2.27. The van der Waals surface area contributed by atoms with Crippen molar-refractivity contribution in [3.05, 3.63) is 11.8 Å². The van der Waals surface area contributed by atoms with Crippen molar-refractivity contribution in [3.8, 4) is 0 Å². The lowest BCUT2D eigenvalue weighted by atomic mass is 9.87. The largest absolute Gasteiger partial charge is 0.393 e. The van der Waals surface area contributed by atoms with E-state index >= 15 is 0 Å². The first kappa shape index (κ1) is 17.0. The molecule has 24 heavy (non-hydrogen) atoms. The summed E-state index contributed by atoms with van der Waals surface area (Å²) in [6.45, 7) is 10.9. The number of hydrogen-bond acceptors (Lipinski definition) is 5. The van der Waals surface area contributed by atoms with Gasteiger partial charge >= 0.3 is 0 Å². The van der Waals surface area contributed by atoms with Gasteiger partial charge in [-0.3, -0.25) is 0 Å². The number of H-pyrrole nitrogens is 1. The van der Waals surface area contributed by atoms with Gasteiger partial charge in [-0.25, -0.2) is 0 Å². The van der Waals surface area contributed by atoms with E-state index in [-0.39, 0.29) is 11.5 Å². The molecule has 6 heteroatoms. The van der Waals surface area contributed by atoms with Crippen LogP contribution in [0.1, 0.15) is 45.7 Å². The molecule has 1 saturated heterocycles. The van der Waals surface area contributed by atoms with Crippen LogP contribution in [0.25, 0.3) is 11.0 Å². The Hall–Kier alpha value is -1.82. The standard InChI is InChI=1S/C18H29N5O/c1-12-11-13-15(19-8-7-14(24)18(2,3)4)21-17(22-16(13)20-12)23-9-5-6-10-23/h11,14,24H,5-10H2,1-4H3,(H2,19,20,21,22). The number of fused-ring (bicyclic) bond motifs is 1. The third-order valence-corrected chi connectivity index (χ3v) is 4.71. The molecule has 0 bridgehead atoms. The van der Waals surface area contributed by atoms with E-state index in [1.807, 2.05) is 6.92 Å². The van der Waals surface area contributed by atoms with Gasteiger partial charge in [-0.05, 0) is 37.7 Å². The van der Waals surface area contributed by atoms with Crippen LogP contribution in [0.3, 0.4) is 0 Å². The molecule has 0 spiro atoms. The Morgan fingerprint density at radius 3 is 2.67 bits per heavy atom. The van der Waals surface area contributed by atoms with Crippen molar-refractivity contribution in [2.45, 2.75) is 53.1 Å². The summed E-state index contributed by atoms with van der Waals surface area (Å²) in [5.74, 6) is 1.65. The summed E-state index contributed by atoms with van der Waals surface area (Å²) in [6, 6.07) is 2.08. The van der Waals surface area contributed by atoms with Crippen LogP contribution in [0, 0.1) is 12.3 Å². The summed E-state index contributed by atoms with van der Waals surface area (Å²) < 4.78 is 0. The van der Waals surface area contributed by atoms with Crippen molar-refractivity contribution in [1.82, 2.24) is 15.0 Å². The molecule has 0 aromatic carbocycles. The van der Waals surface area contributed by atoms with Crippen LogP contribution in [0.4, 0.5) is 11.8 Å². The third-order valence-electron chi connectivity index (χ3n) is 4.71. The second kappa shape index (κ2) is 6.59. The molecular formula is C18H29N5O. The van der Waals surface area contributed by atoms with Gasteiger partial charge in [-0.1, -0.05) is 20.8 Å². The van der Waals surface area contributed by atoms with E-state index in [4.69, 9.17) is 9.97 Å². The molecule has 3 rings (SSSR count). The monoisotopic (exact) mass is 331 g/mol. The molecule has 6 nitrogen and oxygen atoms in total. The minimum atomic E-state index is -0.339. The van der Waals surface area contributed by atoms with E-state index in [1.165, 1.54) is 12.8 Å². The number of aliphatic hydroxyl groups is 1. The fourth-order valence-corrected chi connectivity index (χ4v) is 3.08. The van der Waals surface area contributed by atoms with Crippen LogP contribution < -0.4 is 10.2 Å². The summed E-state index contributed by atoms with van der Waals surface area (Å²) in [5.41, 5.74) is 1.85. The Morgan fingerprint density at radius 1 is 1.29 bits per heavy atom. The summed E-state index contributed by atoms with van der Waals surface area (Å²) >= 11 is 0. The molecule has 0 radical (unpaired) electrons. The van der Waals surface area contributed by atoms with Crippen molar-refractivity contribution in [2.24, 2.45) is 5.41 Å². The third kappa shape index (κ3) is 3.64. The summed E-state index contributed by atoms with van der Waals surface area (Å²) in [6.07, 6.45) is 2.75. The van der Waals surface area contributed by atoms with E-state index in [0.717, 1.165) is 41.6 Å². The van der Waals surface area contributed by atoms with Crippen molar-refractivity contribution in [3.63, 3.8) is 0 Å². The number of aromatic nitrogens is 3. The van der Waals surface area contributed by atoms with Gasteiger partial charge in [0.05, 0.1) is 11.5 Å². The van der Waals surface area contributed by atoms with Crippen LogP contribution in [0.5, 0.6) is 0 Å². The first-order valence-corrected chi connectivity index (χ1v) is 8.89. The predicted octanol–water partition coefficient (Wildman–Crippen LogP) is 3.08. The molecule has 1 aliphatic rings. The van der Waals surface area contributed by atoms with Crippen LogP contribution in [0.15, 0.2) is 6.07 Å². The van der Waals surface area contributed by atoms with E-state index in [2.05, 4.69) is 42.0 Å². The maximum absolute atomic E-state index is 10.2. The molecular weight excluding hydrogens is 302 g/mol. The van der Waals surface area contributed by atoms with Crippen molar-refractivity contribution in [1.29, 1.82) is 0 Å². The smallest absolute Gasteiger partial charge is 0.229 e. The van der Waals surface area contributed by atoms with Gasteiger partial charge in [0.1, 0.15) is 11.5 Å². The normalized spacial score (nSPS) is 16.8. The van der Waals surface area contributed by atoms with Gasteiger partial charge in [0, 0.05) is 25.3 Å². The number of anilines is 2. The molecule has 3 N–H and O–H groups in total. The molecule has 2 aromatic heterocycles. The average Bonchev–Trinajstić information content (AvgIpc) is 3.14. The van der Waals surface area contributed by atoms with E-state index in [1.54, 1.807) is 0 Å². The van der Waals surface area contributed by atoms with Crippen molar-refractivity contribution < 1.29 is 5.11 Å². The number of nitrogens with one attached hydrogen (secondary N) is 2. The Morgan fingerprint density at radius 2 is 2.00 bits per heavy atom. The van der Waals surface area contributed by atoms with Gasteiger partial charge in [-0.2, -0.15) is 9.97 Å².